The van der Waals surface area contributed by atoms with E-state index in [4.69, 9.17) is 16.3 Å². The number of halogens is 1. The van der Waals surface area contributed by atoms with Gasteiger partial charge in [-0.25, -0.2) is 8.42 Å². The predicted molar refractivity (Wildman–Crippen MR) is 66.0 cm³/mol. The van der Waals surface area contributed by atoms with E-state index in [2.05, 4.69) is 0 Å². The van der Waals surface area contributed by atoms with Crippen molar-refractivity contribution in [1.29, 1.82) is 0 Å². The Kier molecular flexibility index (Phi) is 2.95. The van der Waals surface area contributed by atoms with Crippen LogP contribution in [0.15, 0.2) is 16.3 Å². The number of nitrogens with zero attached hydrogens (tertiary/aromatic N) is 1. The van der Waals surface area contributed by atoms with E-state index in [1.807, 2.05) is 0 Å². The molecule has 2 fully saturated rings. The van der Waals surface area contributed by atoms with Crippen LogP contribution in [0, 0.1) is 0 Å². The van der Waals surface area contributed by atoms with Crippen LogP contribution in [0.5, 0.6) is 0 Å². The summed E-state index contributed by atoms with van der Waals surface area (Å²) < 4.78 is 32.8. The van der Waals surface area contributed by atoms with E-state index in [9.17, 15) is 8.42 Å². The fraction of sp³-hybridized carbons (Fsp3) is 0.600. The molecule has 17 heavy (non-hydrogen) atoms. The first-order valence-electron chi connectivity index (χ1n) is 5.45. The van der Waals surface area contributed by atoms with Crippen molar-refractivity contribution in [2.75, 3.05) is 13.2 Å². The molecule has 0 amide bonds. The summed E-state index contributed by atoms with van der Waals surface area (Å²) in [5, 5.41) is 0. The Morgan fingerprint density at radius 3 is 2.47 bits per heavy atom. The van der Waals surface area contributed by atoms with Gasteiger partial charge in [-0.2, -0.15) is 4.31 Å². The highest BCUT2D eigenvalue weighted by atomic mass is 35.5. The topological polar surface area (TPSA) is 46.6 Å². The van der Waals surface area contributed by atoms with Crippen LogP contribution < -0.4 is 0 Å². The van der Waals surface area contributed by atoms with E-state index in [1.165, 1.54) is 0 Å². The Balaban J connectivity index is 1.98. The molecule has 0 spiro atoms. The molecule has 2 saturated heterocycles. The summed E-state index contributed by atoms with van der Waals surface area (Å²) in [6, 6.07) is 3.21. The molecular formula is C10H12ClNO3S2. The molecule has 4 nitrogen and oxygen atoms in total. The van der Waals surface area contributed by atoms with Gasteiger partial charge in [0.2, 0.25) is 0 Å². The second-order valence-corrected chi connectivity index (χ2v) is 8.10. The van der Waals surface area contributed by atoms with Crippen LogP contribution >= 0.6 is 22.9 Å². The van der Waals surface area contributed by atoms with Gasteiger partial charge in [-0.15, -0.1) is 11.3 Å². The van der Waals surface area contributed by atoms with Crippen LogP contribution in [0.1, 0.15) is 12.8 Å². The second-order valence-electron chi connectivity index (χ2n) is 4.32. The molecular weight excluding hydrogens is 282 g/mol. The number of ether oxygens (including phenoxy) is 1. The summed E-state index contributed by atoms with van der Waals surface area (Å²) in [6.07, 6.45) is 1.78. The molecule has 0 radical (unpaired) electrons. The van der Waals surface area contributed by atoms with Gasteiger partial charge in [-0.05, 0) is 25.0 Å². The van der Waals surface area contributed by atoms with Crippen LogP contribution in [0.25, 0.3) is 0 Å². The Labute approximate surface area is 109 Å². The first kappa shape index (κ1) is 11.9. The van der Waals surface area contributed by atoms with Gasteiger partial charge in [0.15, 0.2) is 0 Å². The Bertz CT molecular complexity index is 511. The zero-order valence-electron chi connectivity index (χ0n) is 9.00. The van der Waals surface area contributed by atoms with Crippen molar-refractivity contribution in [3.63, 3.8) is 0 Å². The number of rotatable bonds is 2. The third-order valence-corrected chi connectivity index (χ3v) is 6.96. The summed E-state index contributed by atoms with van der Waals surface area (Å²) in [5.41, 5.74) is 0. The minimum atomic E-state index is -3.39. The lowest BCUT2D eigenvalue weighted by atomic mass is 10.2. The maximum absolute atomic E-state index is 12.5. The van der Waals surface area contributed by atoms with Crippen LogP contribution in [-0.4, -0.2) is 38.0 Å². The highest BCUT2D eigenvalue weighted by Crippen LogP contribution is 2.37. The van der Waals surface area contributed by atoms with E-state index >= 15 is 0 Å². The zero-order chi connectivity index (χ0) is 12.0. The summed E-state index contributed by atoms with van der Waals surface area (Å²) in [5.74, 6) is 0. The normalized spacial score (nSPS) is 29.7. The molecule has 0 unspecified atom stereocenters. The number of hydrogen-bond donors (Lipinski definition) is 0. The maximum Gasteiger partial charge on any atom is 0.253 e. The van der Waals surface area contributed by atoms with E-state index in [0.717, 1.165) is 24.2 Å². The van der Waals surface area contributed by atoms with Gasteiger partial charge in [-0.1, -0.05) is 11.6 Å². The predicted octanol–water partition coefficient (Wildman–Crippen LogP) is 1.95. The number of fused-ring (bicyclic) bond motifs is 2. The minimum Gasteiger partial charge on any atom is -0.378 e. The quantitative estimate of drug-likeness (QED) is 0.837. The average molecular weight is 294 g/mol. The summed E-state index contributed by atoms with van der Waals surface area (Å²) in [4.78, 5) is 0. The number of morpholine rings is 1. The van der Waals surface area contributed by atoms with Crippen LogP contribution in [0.3, 0.4) is 0 Å². The lowest BCUT2D eigenvalue weighted by molar-refractivity contribution is 0.0270. The van der Waals surface area contributed by atoms with Crippen LogP contribution in [0.4, 0.5) is 0 Å². The molecule has 1 aromatic rings. The SMILES string of the molecule is O=S(=O)(c1ccc(Cl)s1)N1[C@@H]2CC[C@@H]1COC2. The molecule has 7 heteroatoms. The molecule has 2 bridgehead atoms. The third kappa shape index (κ3) is 1.92. The van der Waals surface area contributed by atoms with Crippen LogP contribution in [0.2, 0.25) is 4.34 Å². The van der Waals surface area contributed by atoms with Gasteiger partial charge >= 0.3 is 0 Å². The van der Waals surface area contributed by atoms with E-state index in [0.29, 0.717) is 21.8 Å². The zero-order valence-corrected chi connectivity index (χ0v) is 11.4. The molecule has 2 atom stereocenters. The fourth-order valence-corrected chi connectivity index (χ4v) is 5.95. The fourth-order valence-electron chi connectivity index (χ4n) is 2.52. The van der Waals surface area contributed by atoms with E-state index in [1.54, 1.807) is 16.4 Å². The van der Waals surface area contributed by atoms with Crippen molar-refractivity contribution < 1.29 is 13.2 Å². The van der Waals surface area contributed by atoms with Gasteiger partial charge in [-0.3, -0.25) is 0 Å². The molecule has 0 aromatic carbocycles. The van der Waals surface area contributed by atoms with Crippen molar-refractivity contribution in [1.82, 2.24) is 4.31 Å². The monoisotopic (exact) mass is 293 g/mol. The van der Waals surface area contributed by atoms with Gasteiger partial charge in [0.1, 0.15) is 4.21 Å². The first-order chi connectivity index (χ1) is 8.09. The summed E-state index contributed by atoms with van der Waals surface area (Å²) in [6.45, 7) is 1.02. The summed E-state index contributed by atoms with van der Waals surface area (Å²) in [7, 11) is -3.39. The molecule has 94 valence electrons. The smallest absolute Gasteiger partial charge is 0.253 e. The highest BCUT2D eigenvalue weighted by Gasteiger charge is 2.45. The van der Waals surface area contributed by atoms with E-state index < -0.39 is 10.0 Å². The standard InChI is InChI=1S/C10H12ClNO3S2/c11-9-3-4-10(16-9)17(13,14)12-7-1-2-8(12)6-15-5-7/h3-4,7-8H,1-2,5-6H2/t7-,8-/m1/s1. The van der Waals surface area contributed by atoms with E-state index in [-0.39, 0.29) is 12.1 Å². The average Bonchev–Trinajstić information content (AvgIpc) is 2.82. The van der Waals surface area contributed by atoms with Crippen molar-refractivity contribution in [2.24, 2.45) is 0 Å². The molecule has 1 aromatic heterocycles. The van der Waals surface area contributed by atoms with Gasteiger partial charge in [0, 0.05) is 12.1 Å². The number of thiophene rings is 1. The van der Waals surface area contributed by atoms with Gasteiger partial charge < -0.3 is 4.74 Å². The molecule has 3 heterocycles. The Hall–Kier alpha value is -0.140. The molecule has 0 aliphatic carbocycles. The Morgan fingerprint density at radius 1 is 1.29 bits per heavy atom. The van der Waals surface area contributed by atoms with Crippen LogP contribution in [-0.2, 0) is 14.8 Å². The van der Waals surface area contributed by atoms with Crippen molar-refractivity contribution >= 4 is 33.0 Å². The second kappa shape index (κ2) is 4.20. The molecule has 0 N–H and O–H groups in total. The lowest BCUT2D eigenvalue weighted by Crippen LogP contribution is -2.48. The molecule has 3 rings (SSSR count). The summed E-state index contributed by atoms with van der Waals surface area (Å²) >= 11 is 6.92. The number of sulfonamides is 1. The number of hydrogen-bond acceptors (Lipinski definition) is 4. The largest absolute Gasteiger partial charge is 0.378 e. The van der Waals surface area contributed by atoms with Gasteiger partial charge in [0.25, 0.3) is 10.0 Å². The maximum atomic E-state index is 12.5. The first-order valence-corrected chi connectivity index (χ1v) is 8.09. The Morgan fingerprint density at radius 2 is 1.94 bits per heavy atom. The molecule has 2 aliphatic rings. The van der Waals surface area contributed by atoms with Crippen molar-refractivity contribution in [3.8, 4) is 0 Å². The third-order valence-electron chi connectivity index (χ3n) is 3.25. The highest BCUT2D eigenvalue weighted by molar-refractivity contribution is 7.91. The molecule has 2 aliphatic heterocycles. The lowest BCUT2D eigenvalue weighted by Gasteiger charge is -2.32. The minimum absolute atomic E-state index is 0.000347. The van der Waals surface area contributed by atoms with Gasteiger partial charge in [0.05, 0.1) is 17.6 Å². The van der Waals surface area contributed by atoms with Crippen molar-refractivity contribution in [3.05, 3.63) is 16.5 Å². The van der Waals surface area contributed by atoms with Crippen molar-refractivity contribution in [2.45, 2.75) is 29.1 Å². The molecule has 0 saturated carbocycles.